The van der Waals surface area contributed by atoms with Crippen molar-refractivity contribution in [1.82, 2.24) is 0 Å². The van der Waals surface area contributed by atoms with Crippen LogP contribution in [-0.4, -0.2) is 40.1 Å². The summed E-state index contributed by atoms with van der Waals surface area (Å²) in [6.45, 7) is 4.10. The molecule has 0 spiro atoms. The third kappa shape index (κ3) is 6.28. The highest BCUT2D eigenvalue weighted by Gasteiger charge is 2.06. The van der Waals surface area contributed by atoms with Gasteiger partial charge in [-0.15, -0.1) is 0 Å². The molecule has 0 aliphatic carbocycles. The monoisotopic (exact) mass is 162 g/mol. The van der Waals surface area contributed by atoms with Crippen molar-refractivity contribution in [3.63, 3.8) is 0 Å². The number of rotatable bonds is 7. The molecule has 1 unspecified atom stereocenters. The Balaban J connectivity index is 3.34. The summed E-state index contributed by atoms with van der Waals surface area (Å²) < 4.78 is 15.3. The zero-order valence-electron chi connectivity index (χ0n) is 7.63. The number of hydrogen-bond donors (Lipinski definition) is 0. The molecule has 0 fully saturated rings. The first-order valence-electron chi connectivity index (χ1n) is 3.94. The van der Waals surface area contributed by atoms with E-state index in [4.69, 9.17) is 14.2 Å². The predicted molar refractivity (Wildman–Crippen MR) is 43.8 cm³/mol. The topological polar surface area (TPSA) is 27.7 Å². The Morgan fingerprint density at radius 1 is 1.18 bits per heavy atom. The van der Waals surface area contributed by atoms with Crippen molar-refractivity contribution in [3.8, 4) is 0 Å². The summed E-state index contributed by atoms with van der Waals surface area (Å²) in [4.78, 5) is 0. The van der Waals surface area contributed by atoms with Crippen LogP contribution in [0, 0.1) is 0 Å². The summed E-state index contributed by atoms with van der Waals surface area (Å²) in [6, 6.07) is 0. The van der Waals surface area contributed by atoms with E-state index in [1.54, 1.807) is 14.2 Å². The smallest absolute Gasteiger partial charge is 0.0830 e. The fourth-order valence-electron chi connectivity index (χ4n) is 0.886. The molecule has 11 heavy (non-hydrogen) atoms. The first-order chi connectivity index (χ1) is 5.35. The molecule has 0 rings (SSSR count). The van der Waals surface area contributed by atoms with E-state index >= 15 is 0 Å². The zero-order valence-corrected chi connectivity index (χ0v) is 7.63. The molecule has 0 N–H and O–H groups in total. The van der Waals surface area contributed by atoms with Gasteiger partial charge in [0.15, 0.2) is 0 Å². The van der Waals surface area contributed by atoms with E-state index in [0.29, 0.717) is 6.61 Å². The summed E-state index contributed by atoms with van der Waals surface area (Å²) >= 11 is 0. The number of ether oxygens (including phenoxy) is 3. The second kappa shape index (κ2) is 7.98. The van der Waals surface area contributed by atoms with Crippen LogP contribution in [0.3, 0.4) is 0 Å². The molecule has 0 aromatic heterocycles. The highest BCUT2D eigenvalue weighted by Crippen LogP contribution is 1.98. The maximum atomic E-state index is 5.38. The van der Waals surface area contributed by atoms with Crippen LogP contribution < -0.4 is 0 Å². The lowest BCUT2D eigenvalue weighted by molar-refractivity contribution is -0.0121. The normalized spacial score (nSPS) is 13.4. The minimum absolute atomic E-state index is 0.185. The van der Waals surface area contributed by atoms with Gasteiger partial charge in [-0.1, -0.05) is 0 Å². The van der Waals surface area contributed by atoms with Gasteiger partial charge < -0.3 is 14.2 Å². The van der Waals surface area contributed by atoms with Crippen LogP contribution in [0.5, 0.6) is 0 Å². The standard InChI is InChI=1S/C8H18O3/c1-4-11-8(7-10-3)5-6-9-2/h8H,4-7H2,1-3H3. The first kappa shape index (κ1) is 10.9. The van der Waals surface area contributed by atoms with Crippen molar-refractivity contribution >= 4 is 0 Å². The summed E-state index contributed by atoms with van der Waals surface area (Å²) in [5.74, 6) is 0. The Morgan fingerprint density at radius 2 is 1.91 bits per heavy atom. The van der Waals surface area contributed by atoms with Crippen LogP contribution in [0.1, 0.15) is 13.3 Å². The molecule has 0 aliphatic heterocycles. The molecule has 0 saturated carbocycles. The second-order valence-electron chi connectivity index (χ2n) is 2.31. The van der Waals surface area contributed by atoms with Gasteiger partial charge in [0, 0.05) is 27.4 Å². The summed E-state index contributed by atoms with van der Waals surface area (Å²) in [5, 5.41) is 0. The minimum atomic E-state index is 0.185. The van der Waals surface area contributed by atoms with E-state index in [0.717, 1.165) is 19.6 Å². The third-order valence-electron chi connectivity index (χ3n) is 1.40. The van der Waals surface area contributed by atoms with Gasteiger partial charge in [0.1, 0.15) is 0 Å². The molecular formula is C8H18O3. The van der Waals surface area contributed by atoms with E-state index in [1.807, 2.05) is 6.92 Å². The van der Waals surface area contributed by atoms with Crippen molar-refractivity contribution in [3.05, 3.63) is 0 Å². The summed E-state index contributed by atoms with van der Waals surface area (Å²) in [7, 11) is 3.37. The highest BCUT2D eigenvalue weighted by molar-refractivity contribution is 4.54. The van der Waals surface area contributed by atoms with E-state index in [1.165, 1.54) is 0 Å². The Bertz CT molecular complexity index is 69.7. The largest absolute Gasteiger partial charge is 0.385 e. The molecule has 0 amide bonds. The second-order valence-corrected chi connectivity index (χ2v) is 2.31. The van der Waals surface area contributed by atoms with Crippen molar-refractivity contribution in [1.29, 1.82) is 0 Å². The van der Waals surface area contributed by atoms with Gasteiger partial charge in [0.05, 0.1) is 12.7 Å². The van der Waals surface area contributed by atoms with Crippen LogP contribution in [0.4, 0.5) is 0 Å². The average Bonchev–Trinajstić information content (AvgIpc) is 2.01. The van der Waals surface area contributed by atoms with E-state index in [2.05, 4.69) is 0 Å². The van der Waals surface area contributed by atoms with Crippen LogP contribution >= 0.6 is 0 Å². The van der Waals surface area contributed by atoms with Gasteiger partial charge >= 0.3 is 0 Å². The Labute approximate surface area is 68.6 Å². The van der Waals surface area contributed by atoms with Gasteiger partial charge in [-0.2, -0.15) is 0 Å². The molecule has 1 atom stereocenters. The molecule has 3 nitrogen and oxygen atoms in total. The SMILES string of the molecule is CCOC(CCOC)COC. The molecule has 0 saturated heterocycles. The lowest BCUT2D eigenvalue weighted by atomic mass is 10.3. The molecule has 0 heterocycles. The molecule has 0 bridgehead atoms. The Hall–Kier alpha value is -0.120. The quantitative estimate of drug-likeness (QED) is 0.560. The van der Waals surface area contributed by atoms with Gasteiger partial charge in [-0.3, -0.25) is 0 Å². The van der Waals surface area contributed by atoms with E-state index in [9.17, 15) is 0 Å². The zero-order chi connectivity index (χ0) is 8.53. The van der Waals surface area contributed by atoms with Gasteiger partial charge in [-0.25, -0.2) is 0 Å². The highest BCUT2D eigenvalue weighted by atomic mass is 16.5. The molecule has 0 aliphatic rings. The van der Waals surface area contributed by atoms with E-state index < -0.39 is 0 Å². The Morgan fingerprint density at radius 3 is 2.36 bits per heavy atom. The van der Waals surface area contributed by atoms with Gasteiger partial charge in [0.25, 0.3) is 0 Å². The van der Waals surface area contributed by atoms with Crippen LogP contribution in [-0.2, 0) is 14.2 Å². The average molecular weight is 162 g/mol. The van der Waals surface area contributed by atoms with Crippen LogP contribution in [0.15, 0.2) is 0 Å². The lowest BCUT2D eigenvalue weighted by Gasteiger charge is -2.14. The maximum absolute atomic E-state index is 5.38. The molecule has 0 radical (unpaired) electrons. The van der Waals surface area contributed by atoms with Crippen molar-refractivity contribution in [2.24, 2.45) is 0 Å². The molecule has 68 valence electrons. The maximum Gasteiger partial charge on any atom is 0.0830 e. The molecule has 0 aromatic carbocycles. The predicted octanol–water partition coefficient (Wildman–Crippen LogP) is 1.07. The van der Waals surface area contributed by atoms with Crippen molar-refractivity contribution in [2.75, 3.05) is 34.0 Å². The fourth-order valence-corrected chi connectivity index (χ4v) is 0.886. The minimum Gasteiger partial charge on any atom is -0.385 e. The number of methoxy groups -OCH3 is 2. The first-order valence-corrected chi connectivity index (χ1v) is 3.94. The Kier molecular flexibility index (Phi) is 7.89. The summed E-state index contributed by atoms with van der Waals surface area (Å²) in [5.41, 5.74) is 0. The van der Waals surface area contributed by atoms with E-state index in [-0.39, 0.29) is 6.10 Å². The molecule has 0 aromatic rings. The summed E-state index contributed by atoms with van der Waals surface area (Å²) in [6.07, 6.45) is 1.09. The van der Waals surface area contributed by atoms with Crippen LogP contribution in [0.2, 0.25) is 0 Å². The molecule has 3 heteroatoms. The third-order valence-corrected chi connectivity index (χ3v) is 1.40. The van der Waals surface area contributed by atoms with Gasteiger partial charge in [0.2, 0.25) is 0 Å². The van der Waals surface area contributed by atoms with Crippen LogP contribution in [0.25, 0.3) is 0 Å². The lowest BCUT2D eigenvalue weighted by Crippen LogP contribution is -2.20. The fraction of sp³-hybridized carbons (Fsp3) is 1.00. The van der Waals surface area contributed by atoms with Crippen molar-refractivity contribution < 1.29 is 14.2 Å². The molecular weight excluding hydrogens is 144 g/mol. The van der Waals surface area contributed by atoms with Crippen molar-refractivity contribution in [2.45, 2.75) is 19.4 Å². The number of hydrogen-bond acceptors (Lipinski definition) is 3. The van der Waals surface area contributed by atoms with Gasteiger partial charge in [-0.05, 0) is 13.3 Å².